The topological polar surface area (TPSA) is 29.5 Å². The van der Waals surface area contributed by atoms with E-state index in [2.05, 4.69) is 22.9 Å². The maximum atomic E-state index is 12.2. The number of nitrogens with zero attached hydrogens (tertiary/aromatic N) is 1. The number of hydrogen-bond donors (Lipinski definition) is 0. The molecular weight excluding hydrogens is 294 g/mol. The van der Waals surface area contributed by atoms with Crippen LogP contribution in [0.1, 0.15) is 32.3 Å². The number of benzene rings is 1. The predicted octanol–water partition coefficient (Wildman–Crippen LogP) is 3.67. The Bertz CT molecular complexity index is 473. The van der Waals surface area contributed by atoms with E-state index >= 15 is 0 Å². The molecular formula is C14H18BrNO2. The second-order valence-electron chi connectivity index (χ2n) is 4.67. The Morgan fingerprint density at radius 3 is 2.83 bits per heavy atom. The minimum atomic E-state index is -0.399. The highest BCUT2D eigenvalue weighted by Gasteiger charge is 2.31. The van der Waals surface area contributed by atoms with Crippen LogP contribution in [0.25, 0.3) is 0 Å². The molecule has 3 nitrogen and oxygen atoms in total. The third-order valence-corrected chi connectivity index (χ3v) is 4.04. The van der Waals surface area contributed by atoms with Crippen LogP contribution in [0.2, 0.25) is 0 Å². The van der Waals surface area contributed by atoms with Crippen LogP contribution in [0.5, 0.6) is 5.75 Å². The summed E-state index contributed by atoms with van der Waals surface area (Å²) in [6.07, 6.45) is 1.68. The Labute approximate surface area is 116 Å². The van der Waals surface area contributed by atoms with Crippen LogP contribution in [-0.2, 0) is 4.79 Å². The molecule has 1 aromatic rings. The van der Waals surface area contributed by atoms with Gasteiger partial charge in [0.05, 0.1) is 5.69 Å². The van der Waals surface area contributed by atoms with Gasteiger partial charge in [-0.2, -0.15) is 0 Å². The minimum absolute atomic E-state index is 0.0534. The standard InChI is InChI=1S/C14H18BrNO2/c1-4-5-6-16-12-7-9(2)11(15)8-13(12)18-10(3)14(16)17/h7-8,10H,4-6H2,1-3H3. The number of carbonyl (C=O) groups excluding carboxylic acids is 1. The van der Waals surface area contributed by atoms with Crippen molar-refractivity contribution >= 4 is 27.5 Å². The first-order valence-corrected chi connectivity index (χ1v) is 7.12. The first kappa shape index (κ1) is 13.4. The fourth-order valence-electron chi connectivity index (χ4n) is 2.08. The summed E-state index contributed by atoms with van der Waals surface area (Å²) < 4.78 is 6.68. The van der Waals surface area contributed by atoms with Gasteiger partial charge in [0.15, 0.2) is 6.10 Å². The van der Waals surface area contributed by atoms with E-state index in [1.54, 1.807) is 6.92 Å². The summed E-state index contributed by atoms with van der Waals surface area (Å²) in [5, 5.41) is 0. The number of amides is 1. The van der Waals surface area contributed by atoms with Crippen LogP contribution in [0, 0.1) is 6.92 Å². The molecule has 0 saturated heterocycles. The van der Waals surface area contributed by atoms with Crippen LogP contribution >= 0.6 is 15.9 Å². The fraction of sp³-hybridized carbons (Fsp3) is 0.500. The van der Waals surface area contributed by atoms with Gasteiger partial charge in [0.25, 0.3) is 5.91 Å². The second kappa shape index (κ2) is 5.31. The van der Waals surface area contributed by atoms with Gasteiger partial charge < -0.3 is 9.64 Å². The van der Waals surface area contributed by atoms with Gasteiger partial charge in [0.2, 0.25) is 0 Å². The molecule has 1 unspecified atom stereocenters. The van der Waals surface area contributed by atoms with Gasteiger partial charge in [-0.05, 0) is 38.0 Å². The molecule has 0 aromatic heterocycles. The minimum Gasteiger partial charge on any atom is -0.479 e. The summed E-state index contributed by atoms with van der Waals surface area (Å²) in [6.45, 7) is 6.71. The largest absolute Gasteiger partial charge is 0.479 e. The van der Waals surface area contributed by atoms with Gasteiger partial charge in [-0.3, -0.25) is 4.79 Å². The van der Waals surface area contributed by atoms with Crippen LogP contribution in [0.4, 0.5) is 5.69 Å². The fourth-order valence-corrected chi connectivity index (χ4v) is 2.40. The van der Waals surface area contributed by atoms with E-state index < -0.39 is 6.10 Å². The van der Waals surface area contributed by atoms with Crippen molar-refractivity contribution in [1.82, 2.24) is 0 Å². The zero-order valence-corrected chi connectivity index (χ0v) is 12.6. The summed E-state index contributed by atoms with van der Waals surface area (Å²) in [7, 11) is 0. The van der Waals surface area contributed by atoms with Gasteiger partial charge in [-0.15, -0.1) is 0 Å². The number of unbranched alkanes of at least 4 members (excludes halogenated alkanes) is 1. The Morgan fingerprint density at radius 2 is 2.17 bits per heavy atom. The van der Waals surface area contributed by atoms with Crippen LogP contribution in [0.15, 0.2) is 16.6 Å². The zero-order valence-electron chi connectivity index (χ0n) is 11.0. The van der Waals surface area contributed by atoms with E-state index in [-0.39, 0.29) is 5.91 Å². The van der Waals surface area contributed by atoms with E-state index in [0.29, 0.717) is 0 Å². The third-order valence-electron chi connectivity index (χ3n) is 3.18. The average Bonchev–Trinajstić information content (AvgIpc) is 2.33. The molecule has 1 amide bonds. The Balaban J connectivity index is 2.41. The number of halogens is 1. The highest BCUT2D eigenvalue weighted by atomic mass is 79.9. The van der Waals surface area contributed by atoms with Gasteiger partial charge >= 0.3 is 0 Å². The quantitative estimate of drug-likeness (QED) is 0.852. The molecule has 0 aliphatic carbocycles. The summed E-state index contributed by atoms with van der Waals surface area (Å²) >= 11 is 3.50. The van der Waals surface area contributed by atoms with Crippen LogP contribution < -0.4 is 9.64 Å². The smallest absolute Gasteiger partial charge is 0.267 e. The molecule has 4 heteroatoms. The number of ether oxygens (including phenoxy) is 1. The second-order valence-corrected chi connectivity index (χ2v) is 5.53. The molecule has 98 valence electrons. The predicted molar refractivity (Wildman–Crippen MR) is 76.2 cm³/mol. The molecule has 0 radical (unpaired) electrons. The number of aryl methyl sites for hydroxylation is 1. The van der Waals surface area contributed by atoms with E-state index in [4.69, 9.17) is 4.74 Å². The maximum absolute atomic E-state index is 12.2. The molecule has 1 heterocycles. The van der Waals surface area contributed by atoms with Crippen molar-refractivity contribution in [2.24, 2.45) is 0 Å². The van der Waals surface area contributed by atoms with Crippen molar-refractivity contribution in [2.45, 2.75) is 39.7 Å². The van der Waals surface area contributed by atoms with Gasteiger partial charge in [0.1, 0.15) is 5.75 Å². The normalized spacial score (nSPS) is 18.6. The van der Waals surface area contributed by atoms with Crippen molar-refractivity contribution < 1.29 is 9.53 Å². The number of fused-ring (bicyclic) bond motifs is 1. The molecule has 1 aromatic carbocycles. The molecule has 18 heavy (non-hydrogen) atoms. The Kier molecular flexibility index (Phi) is 3.95. The highest BCUT2D eigenvalue weighted by Crippen LogP contribution is 2.38. The molecule has 0 spiro atoms. The highest BCUT2D eigenvalue weighted by molar-refractivity contribution is 9.10. The van der Waals surface area contributed by atoms with Gasteiger partial charge in [-0.25, -0.2) is 0 Å². The molecule has 2 rings (SSSR count). The van der Waals surface area contributed by atoms with Crippen LogP contribution in [-0.4, -0.2) is 18.6 Å². The lowest BCUT2D eigenvalue weighted by Crippen LogP contribution is -2.44. The molecule has 1 atom stereocenters. The van der Waals surface area contributed by atoms with Crippen molar-refractivity contribution in [2.75, 3.05) is 11.4 Å². The van der Waals surface area contributed by atoms with Gasteiger partial charge in [0, 0.05) is 11.0 Å². The maximum Gasteiger partial charge on any atom is 0.267 e. The first-order valence-electron chi connectivity index (χ1n) is 6.32. The zero-order chi connectivity index (χ0) is 13.3. The van der Waals surface area contributed by atoms with E-state index in [0.717, 1.165) is 40.9 Å². The molecule has 0 saturated carbocycles. The van der Waals surface area contributed by atoms with Crippen molar-refractivity contribution in [3.8, 4) is 5.75 Å². The summed E-state index contributed by atoms with van der Waals surface area (Å²) in [5.41, 5.74) is 2.01. The van der Waals surface area contributed by atoms with E-state index in [1.165, 1.54) is 0 Å². The summed E-state index contributed by atoms with van der Waals surface area (Å²) in [6, 6.07) is 3.96. The monoisotopic (exact) mass is 311 g/mol. The molecule has 0 fully saturated rings. The SMILES string of the molecule is CCCCN1C(=O)C(C)Oc2cc(Br)c(C)cc21. The molecule has 1 aliphatic heterocycles. The van der Waals surface area contributed by atoms with Crippen molar-refractivity contribution in [3.63, 3.8) is 0 Å². The van der Waals surface area contributed by atoms with E-state index in [9.17, 15) is 4.79 Å². The number of hydrogen-bond acceptors (Lipinski definition) is 2. The lowest BCUT2D eigenvalue weighted by Gasteiger charge is -2.33. The molecule has 0 N–H and O–H groups in total. The summed E-state index contributed by atoms with van der Waals surface area (Å²) in [5.74, 6) is 0.841. The average molecular weight is 312 g/mol. The van der Waals surface area contributed by atoms with Crippen LogP contribution in [0.3, 0.4) is 0 Å². The lowest BCUT2D eigenvalue weighted by molar-refractivity contribution is -0.125. The van der Waals surface area contributed by atoms with E-state index in [1.807, 2.05) is 24.0 Å². The molecule has 1 aliphatic rings. The number of carbonyl (C=O) groups is 1. The molecule has 0 bridgehead atoms. The lowest BCUT2D eigenvalue weighted by atomic mass is 10.1. The number of rotatable bonds is 3. The Morgan fingerprint density at radius 1 is 1.44 bits per heavy atom. The van der Waals surface area contributed by atoms with Crippen molar-refractivity contribution in [1.29, 1.82) is 0 Å². The Hall–Kier alpha value is -1.03. The van der Waals surface area contributed by atoms with Crippen molar-refractivity contribution in [3.05, 3.63) is 22.2 Å². The van der Waals surface area contributed by atoms with Gasteiger partial charge in [-0.1, -0.05) is 29.3 Å². The third kappa shape index (κ3) is 2.39. The first-order chi connectivity index (χ1) is 8.54. The number of anilines is 1. The summed E-state index contributed by atoms with van der Waals surface area (Å²) in [4.78, 5) is 14.0.